The van der Waals surface area contributed by atoms with Gasteiger partial charge in [0.2, 0.25) is 0 Å². The van der Waals surface area contributed by atoms with Gasteiger partial charge < -0.3 is 5.73 Å². The molecule has 1 saturated carbocycles. The van der Waals surface area contributed by atoms with Crippen molar-refractivity contribution in [3.63, 3.8) is 0 Å². The molecule has 1 aliphatic carbocycles. The summed E-state index contributed by atoms with van der Waals surface area (Å²) in [6.45, 7) is 0. The zero-order valence-corrected chi connectivity index (χ0v) is 8.61. The maximum absolute atomic E-state index is 13.5. The Bertz CT molecular complexity index is 270. The van der Waals surface area contributed by atoms with Gasteiger partial charge in [-0.15, -0.1) is 0 Å². The molecule has 0 unspecified atom stereocenters. The molecule has 5 heteroatoms. The van der Waals surface area contributed by atoms with E-state index in [1.807, 2.05) is 0 Å². The monoisotopic (exact) mass is 209 g/mol. The number of rotatable bonds is 4. The molecule has 0 atom stereocenters. The minimum atomic E-state index is -2.94. The van der Waals surface area contributed by atoms with Crippen LogP contribution in [0.2, 0.25) is 0 Å². The molecule has 3 nitrogen and oxygen atoms in total. The molecular weight excluding hydrogens is 193 g/mol. The van der Waals surface area contributed by atoms with Crippen molar-refractivity contribution in [2.75, 3.05) is 12.0 Å². The summed E-state index contributed by atoms with van der Waals surface area (Å²) in [4.78, 5) is 0. The molecule has 78 valence electrons. The molecule has 0 aromatic rings. The van der Waals surface area contributed by atoms with Gasteiger partial charge in [-0.3, -0.25) is 0 Å². The van der Waals surface area contributed by atoms with Gasteiger partial charge in [0, 0.05) is 18.1 Å². The Hall–Kier alpha value is -0.160. The average molecular weight is 209 g/mol. The fourth-order valence-corrected chi connectivity index (χ4v) is 2.40. The number of nitrogens with two attached hydrogens (primary N) is 1. The van der Waals surface area contributed by atoms with E-state index in [2.05, 4.69) is 0 Å². The van der Waals surface area contributed by atoms with Gasteiger partial charge in [-0.1, -0.05) is 0 Å². The van der Waals surface area contributed by atoms with Crippen LogP contribution in [-0.2, 0) is 9.84 Å². The molecule has 0 aromatic heterocycles. The summed E-state index contributed by atoms with van der Waals surface area (Å²) in [6, 6.07) is -0.0248. The molecule has 0 aliphatic heterocycles. The van der Waals surface area contributed by atoms with E-state index in [1.54, 1.807) is 0 Å². The lowest BCUT2D eigenvalue weighted by molar-refractivity contribution is 0.0346. The van der Waals surface area contributed by atoms with Crippen molar-refractivity contribution >= 4 is 9.84 Å². The molecule has 0 bridgehead atoms. The van der Waals surface area contributed by atoms with Crippen LogP contribution in [0.15, 0.2) is 0 Å². The van der Waals surface area contributed by atoms with Crippen LogP contribution in [0.25, 0.3) is 0 Å². The molecular formula is C8H16FNO2S. The van der Waals surface area contributed by atoms with Crippen LogP contribution in [0, 0.1) is 0 Å². The topological polar surface area (TPSA) is 60.2 Å². The molecule has 1 fully saturated rings. The van der Waals surface area contributed by atoms with Crippen LogP contribution in [0.3, 0.4) is 0 Å². The number of hydrogen-bond donors (Lipinski definition) is 1. The number of alkyl halides is 1. The van der Waals surface area contributed by atoms with Crippen molar-refractivity contribution in [1.29, 1.82) is 0 Å². The Labute approximate surface area is 78.4 Å². The van der Waals surface area contributed by atoms with Crippen LogP contribution in [0.4, 0.5) is 4.39 Å². The van der Waals surface area contributed by atoms with Crippen LogP contribution < -0.4 is 5.73 Å². The third-order valence-electron chi connectivity index (χ3n) is 2.40. The minimum absolute atomic E-state index is 0.0248. The second kappa shape index (κ2) is 3.53. The quantitative estimate of drug-likeness (QED) is 0.739. The van der Waals surface area contributed by atoms with Crippen molar-refractivity contribution in [3.8, 4) is 0 Å². The zero-order valence-electron chi connectivity index (χ0n) is 7.79. The highest BCUT2D eigenvalue weighted by atomic mass is 32.2. The molecule has 0 aromatic carbocycles. The van der Waals surface area contributed by atoms with Crippen molar-refractivity contribution in [2.24, 2.45) is 5.73 Å². The predicted molar refractivity (Wildman–Crippen MR) is 50.0 cm³/mol. The average Bonchev–Trinajstić information content (AvgIpc) is 1.80. The van der Waals surface area contributed by atoms with Crippen LogP contribution >= 0.6 is 0 Å². The van der Waals surface area contributed by atoms with Crippen LogP contribution in [-0.4, -0.2) is 32.1 Å². The number of sulfone groups is 1. The predicted octanol–water partition coefficient (Wildman–Crippen LogP) is 0.641. The Morgan fingerprint density at radius 3 is 2.46 bits per heavy atom. The summed E-state index contributed by atoms with van der Waals surface area (Å²) in [5.41, 5.74) is 4.28. The first-order chi connectivity index (χ1) is 5.81. The van der Waals surface area contributed by atoms with E-state index >= 15 is 0 Å². The largest absolute Gasteiger partial charge is 0.327 e. The standard InChI is InChI=1S/C8H16FNO2S/c1-13(11,12)4-2-3-8(9)5-7(10)6-8/h7H,2-6,10H2,1H3. The van der Waals surface area contributed by atoms with E-state index in [0.29, 0.717) is 25.7 Å². The maximum Gasteiger partial charge on any atom is 0.147 e. The van der Waals surface area contributed by atoms with E-state index in [0.717, 1.165) is 0 Å². The van der Waals surface area contributed by atoms with Crippen molar-refractivity contribution < 1.29 is 12.8 Å². The second-order valence-corrected chi connectivity index (χ2v) is 6.31. The summed E-state index contributed by atoms with van der Waals surface area (Å²) in [7, 11) is -2.94. The molecule has 0 spiro atoms. The van der Waals surface area contributed by atoms with E-state index in [4.69, 9.17) is 5.73 Å². The van der Waals surface area contributed by atoms with E-state index in [-0.39, 0.29) is 11.8 Å². The lowest BCUT2D eigenvalue weighted by Gasteiger charge is -2.39. The lowest BCUT2D eigenvalue weighted by atomic mass is 9.75. The van der Waals surface area contributed by atoms with Gasteiger partial charge in [0.15, 0.2) is 0 Å². The van der Waals surface area contributed by atoms with E-state index in [9.17, 15) is 12.8 Å². The van der Waals surface area contributed by atoms with Crippen molar-refractivity contribution in [1.82, 2.24) is 0 Å². The second-order valence-electron chi connectivity index (χ2n) is 4.05. The fourth-order valence-electron chi connectivity index (χ4n) is 1.74. The Balaban J connectivity index is 2.21. The van der Waals surface area contributed by atoms with Gasteiger partial charge in [0.1, 0.15) is 15.5 Å². The molecule has 2 N–H and O–H groups in total. The van der Waals surface area contributed by atoms with Gasteiger partial charge in [-0.2, -0.15) is 0 Å². The summed E-state index contributed by atoms with van der Waals surface area (Å²) < 4.78 is 34.9. The van der Waals surface area contributed by atoms with Crippen LogP contribution in [0.5, 0.6) is 0 Å². The highest BCUT2D eigenvalue weighted by Gasteiger charge is 2.42. The molecule has 0 amide bonds. The van der Waals surface area contributed by atoms with E-state index in [1.165, 1.54) is 6.26 Å². The molecule has 0 radical (unpaired) electrons. The zero-order chi connectivity index (χ0) is 10.1. The van der Waals surface area contributed by atoms with Gasteiger partial charge in [-0.25, -0.2) is 12.8 Å². The molecule has 0 saturated heterocycles. The highest BCUT2D eigenvalue weighted by Crippen LogP contribution is 2.38. The summed E-state index contributed by atoms with van der Waals surface area (Å²) in [5, 5.41) is 0. The first-order valence-electron chi connectivity index (χ1n) is 4.43. The van der Waals surface area contributed by atoms with Gasteiger partial charge >= 0.3 is 0 Å². The number of hydrogen-bond acceptors (Lipinski definition) is 3. The van der Waals surface area contributed by atoms with Crippen molar-refractivity contribution in [2.45, 2.75) is 37.4 Å². The van der Waals surface area contributed by atoms with Gasteiger partial charge in [0.05, 0.1) is 0 Å². The first-order valence-corrected chi connectivity index (χ1v) is 6.49. The minimum Gasteiger partial charge on any atom is -0.327 e. The first kappa shape index (κ1) is 10.9. The molecule has 1 rings (SSSR count). The lowest BCUT2D eigenvalue weighted by Crippen LogP contribution is -2.48. The Kier molecular flexibility index (Phi) is 2.97. The SMILES string of the molecule is CS(=O)(=O)CCCC1(F)CC(N)C1. The van der Waals surface area contributed by atoms with Crippen molar-refractivity contribution in [3.05, 3.63) is 0 Å². The summed E-state index contributed by atoms with van der Waals surface area (Å²) in [5.74, 6) is 0.0773. The van der Waals surface area contributed by atoms with E-state index < -0.39 is 15.5 Å². The third kappa shape index (κ3) is 3.60. The maximum atomic E-state index is 13.5. The number of halogens is 1. The summed E-state index contributed by atoms with van der Waals surface area (Å²) in [6.07, 6.45) is 2.67. The van der Waals surface area contributed by atoms with Gasteiger partial charge in [-0.05, 0) is 25.7 Å². The van der Waals surface area contributed by atoms with Crippen LogP contribution in [0.1, 0.15) is 25.7 Å². The Morgan fingerprint density at radius 2 is 2.08 bits per heavy atom. The Morgan fingerprint density at radius 1 is 1.54 bits per heavy atom. The smallest absolute Gasteiger partial charge is 0.147 e. The normalized spacial score (nSPS) is 34.2. The third-order valence-corrected chi connectivity index (χ3v) is 3.43. The molecule has 1 aliphatic rings. The van der Waals surface area contributed by atoms with Gasteiger partial charge in [0.25, 0.3) is 0 Å². The summed E-state index contributed by atoms with van der Waals surface area (Å²) >= 11 is 0. The fraction of sp³-hybridized carbons (Fsp3) is 1.00. The molecule has 13 heavy (non-hydrogen) atoms. The molecule has 0 heterocycles. The highest BCUT2D eigenvalue weighted by molar-refractivity contribution is 7.90.